The summed E-state index contributed by atoms with van der Waals surface area (Å²) in [5.41, 5.74) is 1.91. The molecule has 144 valence electrons. The molecule has 0 bridgehead atoms. The highest BCUT2D eigenvalue weighted by molar-refractivity contribution is 5.97. The van der Waals surface area contributed by atoms with Gasteiger partial charge < -0.3 is 15.2 Å². The minimum atomic E-state index is -0.355. The Morgan fingerprint density at radius 3 is 2.48 bits per heavy atom. The lowest BCUT2D eigenvalue weighted by atomic mass is 10.1. The van der Waals surface area contributed by atoms with Crippen molar-refractivity contribution in [2.24, 2.45) is 0 Å². The highest BCUT2D eigenvalue weighted by Gasteiger charge is 2.29. The van der Waals surface area contributed by atoms with E-state index in [4.69, 9.17) is 0 Å². The predicted octanol–water partition coefficient (Wildman–Crippen LogP) is 3.24. The van der Waals surface area contributed by atoms with Crippen molar-refractivity contribution in [1.82, 2.24) is 20.2 Å². The molecular weight excluding hydrogens is 340 g/mol. The first-order valence-corrected chi connectivity index (χ1v) is 9.54. The number of aromatic nitrogens is 2. The highest BCUT2D eigenvalue weighted by Crippen LogP contribution is 2.22. The zero-order valence-corrected chi connectivity index (χ0v) is 16.5. The normalized spacial score (nSPS) is 15.0. The van der Waals surface area contributed by atoms with Crippen LogP contribution in [0.5, 0.6) is 0 Å². The van der Waals surface area contributed by atoms with Crippen LogP contribution in [0.4, 0.5) is 0 Å². The van der Waals surface area contributed by atoms with Gasteiger partial charge in [-0.25, -0.2) is 4.98 Å². The number of benzene rings is 1. The molecule has 1 aliphatic heterocycles. The Kier molecular flexibility index (Phi) is 5.35. The van der Waals surface area contributed by atoms with Crippen LogP contribution in [0.25, 0.3) is 0 Å². The van der Waals surface area contributed by atoms with E-state index >= 15 is 0 Å². The SMILES string of the molecule is CC(NC(=O)c1nc(C(=O)NC(C)(C)C)c2n1CCCC2)c1ccccc1. The van der Waals surface area contributed by atoms with E-state index < -0.39 is 0 Å². The van der Waals surface area contributed by atoms with Crippen molar-refractivity contribution in [3.63, 3.8) is 0 Å². The molecule has 1 aliphatic rings. The van der Waals surface area contributed by atoms with Crippen LogP contribution in [-0.4, -0.2) is 26.9 Å². The van der Waals surface area contributed by atoms with Crippen LogP contribution in [0.3, 0.4) is 0 Å². The maximum atomic E-state index is 12.9. The lowest BCUT2D eigenvalue weighted by Crippen LogP contribution is -2.41. The first-order valence-electron chi connectivity index (χ1n) is 9.54. The maximum Gasteiger partial charge on any atom is 0.287 e. The lowest BCUT2D eigenvalue weighted by molar-refractivity contribution is 0.0913. The number of rotatable bonds is 4. The first-order chi connectivity index (χ1) is 12.8. The number of imidazole rings is 1. The predicted molar refractivity (Wildman–Crippen MR) is 105 cm³/mol. The van der Waals surface area contributed by atoms with E-state index in [1.165, 1.54) is 0 Å². The molecule has 2 heterocycles. The second-order valence-corrected chi connectivity index (χ2v) is 8.15. The second-order valence-electron chi connectivity index (χ2n) is 8.15. The Hall–Kier alpha value is -2.63. The van der Waals surface area contributed by atoms with Gasteiger partial charge in [-0.2, -0.15) is 0 Å². The molecule has 6 heteroatoms. The van der Waals surface area contributed by atoms with Crippen LogP contribution in [0.15, 0.2) is 30.3 Å². The van der Waals surface area contributed by atoms with Gasteiger partial charge in [0.05, 0.1) is 11.7 Å². The number of nitrogens with one attached hydrogen (secondary N) is 2. The van der Waals surface area contributed by atoms with Crippen molar-refractivity contribution in [3.8, 4) is 0 Å². The van der Waals surface area contributed by atoms with E-state index in [0.29, 0.717) is 18.1 Å². The number of hydrogen-bond donors (Lipinski definition) is 2. The second kappa shape index (κ2) is 7.55. The van der Waals surface area contributed by atoms with Crippen LogP contribution in [0.2, 0.25) is 0 Å². The van der Waals surface area contributed by atoms with Crippen molar-refractivity contribution in [1.29, 1.82) is 0 Å². The van der Waals surface area contributed by atoms with E-state index in [1.54, 1.807) is 0 Å². The first kappa shape index (κ1) is 19.1. The van der Waals surface area contributed by atoms with Crippen molar-refractivity contribution >= 4 is 11.8 Å². The number of hydrogen-bond acceptors (Lipinski definition) is 3. The molecule has 6 nitrogen and oxygen atoms in total. The summed E-state index contributed by atoms with van der Waals surface area (Å²) in [6.07, 6.45) is 2.75. The molecule has 0 fully saturated rings. The number of carbonyl (C=O) groups excluding carboxylic acids is 2. The zero-order chi connectivity index (χ0) is 19.6. The largest absolute Gasteiger partial charge is 0.346 e. The molecule has 27 heavy (non-hydrogen) atoms. The van der Waals surface area contributed by atoms with Crippen LogP contribution in [-0.2, 0) is 13.0 Å². The summed E-state index contributed by atoms with van der Waals surface area (Å²) < 4.78 is 1.91. The fourth-order valence-electron chi connectivity index (χ4n) is 3.38. The van der Waals surface area contributed by atoms with Crippen molar-refractivity contribution in [3.05, 3.63) is 53.1 Å². The molecule has 1 atom stereocenters. The van der Waals surface area contributed by atoms with E-state index in [0.717, 1.165) is 30.5 Å². The monoisotopic (exact) mass is 368 g/mol. The molecule has 0 radical (unpaired) electrons. The Bertz CT molecular complexity index is 834. The topological polar surface area (TPSA) is 76.0 Å². The van der Waals surface area contributed by atoms with Crippen molar-refractivity contribution < 1.29 is 9.59 Å². The third kappa shape index (κ3) is 4.38. The fourth-order valence-corrected chi connectivity index (χ4v) is 3.38. The third-order valence-electron chi connectivity index (χ3n) is 4.67. The van der Waals surface area contributed by atoms with Gasteiger partial charge in [0.25, 0.3) is 11.8 Å². The number of nitrogens with zero attached hydrogens (tertiary/aromatic N) is 2. The van der Waals surface area contributed by atoms with Crippen LogP contribution < -0.4 is 10.6 Å². The van der Waals surface area contributed by atoms with E-state index in [-0.39, 0.29) is 23.4 Å². The van der Waals surface area contributed by atoms with E-state index in [1.807, 2.05) is 62.6 Å². The number of carbonyl (C=O) groups is 2. The summed E-state index contributed by atoms with van der Waals surface area (Å²) in [4.78, 5) is 30.1. The average molecular weight is 368 g/mol. The molecule has 1 aromatic heterocycles. The third-order valence-corrected chi connectivity index (χ3v) is 4.67. The molecule has 0 aliphatic carbocycles. The summed E-state index contributed by atoms with van der Waals surface area (Å²) in [6, 6.07) is 9.67. The Morgan fingerprint density at radius 2 is 1.81 bits per heavy atom. The van der Waals surface area contributed by atoms with E-state index in [9.17, 15) is 9.59 Å². The average Bonchev–Trinajstić information content (AvgIpc) is 3.01. The van der Waals surface area contributed by atoms with Gasteiger partial charge in [0.2, 0.25) is 0 Å². The fraction of sp³-hybridized carbons (Fsp3) is 0.476. The molecule has 1 unspecified atom stereocenters. The van der Waals surface area contributed by atoms with Gasteiger partial charge in [0.15, 0.2) is 5.82 Å². The summed E-state index contributed by atoms with van der Waals surface area (Å²) in [6.45, 7) is 8.46. The number of fused-ring (bicyclic) bond motifs is 1. The van der Waals surface area contributed by atoms with Gasteiger partial charge >= 0.3 is 0 Å². The van der Waals surface area contributed by atoms with Crippen LogP contribution in [0, 0.1) is 0 Å². The molecule has 1 aromatic carbocycles. The molecule has 3 rings (SSSR count). The van der Waals surface area contributed by atoms with Gasteiger partial charge in [-0.15, -0.1) is 0 Å². The molecular formula is C21H28N4O2. The Labute approximate surface area is 160 Å². The molecule has 0 saturated carbocycles. The quantitative estimate of drug-likeness (QED) is 0.870. The molecule has 0 spiro atoms. The molecule has 0 saturated heterocycles. The van der Waals surface area contributed by atoms with Crippen LogP contribution in [0.1, 0.15) is 78.9 Å². The standard InChI is InChI=1S/C21H28N4O2/c1-14(15-10-6-5-7-11-15)22-20(27)18-23-17(19(26)24-21(2,3)4)16-12-8-9-13-25(16)18/h5-7,10-11,14H,8-9,12-13H2,1-4H3,(H,22,27)(H,24,26). The van der Waals surface area contributed by atoms with Gasteiger partial charge in [-0.05, 0) is 52.5 Å². The minimum absolute atomic E-state index is 0.137. The zero-order valence-electron chi connectivity index (χ0n) is 16.5. The summed E-state index contributed by atoms with van der Waals surface area (Å²) in [5.74, 6) is -0.140. The minimum Gasteiger partial charge on any atom is -0.346 e. The molecule has 2 amide bonds. The van der Waals surface area contributed by atoms with Crippen LogP contribution >= 0.6 is 0 Å². The lowest BCUT2D eigenvalue weighted by Gasteiger charge is -2.21. The summed E-state index contributed by atoms with van der Waals surface area (Å²) in [7, 11) is 0. The highest BCUT2D eigenvalue weighted by atomic mass is 16.2. The Morgan fingerprint density at radius 1 is 1.11 bits per heavy atom. The Balaban J connectivity index is 1.87. The molecule has 2 N–H and O–H groups in total. The van der Waals surface area contributed by atoms with E-state index in [2.05, 4.69) is 15.6 Å². The smallest absolute Gasteiger partial charge is 0.287 e. The summed E-state index contributed by atoms with van der Waals surface area (Å²) >= 11 is 0. The van der Waals surface area contributed by atoms with Gasteiger partial charge in [0, 0.05) is 12.1 Å². The number of amides is 2. The van der Waals surface area contributed by atoms with Gasteiger partial charge in [-0.3, -0.25) is 9.59 Å². The summed E-state index contributed by atoms with van der Waals surface area (Å²) in [5, 5.41) is 5.97. The van der Waals surface area contributed by atoms with Crippen molar-refractivity contribution in [2.75, 3.05) is 0 Å². The maximum absolute atomic E-state index is 12.9. The van der Waals surface area contributed by atoms with Gasteiger partial charge in [0.1, 0.15) is 5.69 Å². The molecule has 2 aromatic rings. The van der Waals surface area contributed by atoms with Gasteiger partial charge in [-0.1, -0.05) is 30.3 Å². The van der Waals surface area contributed by atoms with Crippen molar-refractivity contribution in [2.45, 2.75) is 65.1 Å².